The molecule has 4 nitrogen and oxygen atoms in total. The molecule has 0 aromatic heterocycles. The summed E-state index contributed by atoms with van der Waals surface area (Å²) in [7, 11) is 3.98. The van der Waals surface area contributed by atoms with Gasteiger partial charge in [0.2, 0.25) is 0 Å². The van der Waals surface area contributed by atoms with E-state index in [-0.39, 0.29) is 6.03 Å². The first-order valence-electron chi connectivity index (χ1n) is 5.91. The summed E-state index contributed by atoms with van der Waals surface area (Å²) < 4.78 is 0. The molecule has 0 aliphatic rings. The van der Waals surface area contributed by atoms with Gasteiger partial charge >= 0.3 is 6.03 Å². The van der Waals surface area contributed by atoms with Crippen LogP contribution in [-0.2, 0) is 6.54 Å². The molecule has 0 atom stereocenters. The number of carbonyl (C=O) groups is 1. The zero-order chi connectivity index (χ0) is 13.5. The smallest absolute Gasteiger partial charge is 0.315 e. The molecular weight excluding hydrogens is 226 g/mol. The van der Waals surface area contributed by atoms with Gasteiger partial charge in [-0.05, 0) is 24.6 Å². The van der Waals surface area contributed by atoms with Gasteiger partial charge in [-0.3, -0.25) is 0 Å². The number of nitrogens with zero attached hydrogens (tertiary/aromatic N) is 1. The summed E-state index contributed by atoms with van der Waals surface area (Å²) >= 11 is 0. The van der Waals surface area contributed by atoms with Crippen molar-refractivity contribution in [2.45, 2.75) is 13.5 Å². The van der Waals surface area contributed by atoms with Crippen molar-refractivity contribution in [3.8, 4) is 0 Å². The lowest BCUT2D eigenvalue weighted by molar-refractivity contribution is 0.241. The molecule has 0 aliphatic heterocycles. The van der Waals surface area contributed by atoms with Crippen molar-refractivity contribution in [2.75, 3.05) is 25.5 Å². The zero-order valence-corrected chi connectivity index (χ0v) is 11.3. The monoisotopic (exact) mass is 247 g/mol. The molecule has 0 unspecified atom stereocenters. The maximum absolute atomic E-state index is 11.5. The largest absolute Gasteiger partial charge is 0.378 e. The van der Waals surface area contributed by atoms with Crippen LogP contribution in [0.15, 0.2) is 36.4 Å². The topological polar surface area (TPSA) is 44.4 Å². The molecule has 0 radical (unpaired) electrons. The third-order valence-corrected chi connectivity index (χ3v) is 2.43. The zero-order valence-electron chi connectivity index (χ0n) is 11.3. The molecule has 1 aromatic carbocycles. The summed E-state index contributed by atoms with van der Waals surface area (Å²) in [5, 5.41) is 5.54. The molecule has 0 saturated carbocycles. The van der Waals surface area contributed by atoms with Crippen molar-refractivity contribution in [2.24, 2.45) is 0 Å². The standard InChI is InChI=1S/C14H21N3O/c1-11(2)9-15-14(18)16-10-12-6-5-7-13(8-12)17(3)4/h5-8H,1,9-10H2,2-4H3,(H2,15,16,18). The van der Waals surface area contributed by atoms with Crippen LogP contribution in [0.1, 0.15) is 12.5 Å². The molecular formula is C14H21N3O. The molecule has 1 rings (SSSR count). The second-order valence-corrected chi connectivity index (χ2v) is 4.56. The van der Waals surface area contributed by atoms with E-state index in [1.54, 1.807) is 0 Å². The van der Waals surface area contributed by atoms with E-state index in [0.29, 0.717) is 13.1 Å². The number of hydrogen-bond acceptors (Lipinski definition) is 2. The highest BCUT2D eigenvalue weighted by Gasteiger charge is 2.01. The van der Waals surface area contributed by atoms with Gasteiger partial charge in [-0.25, -0.2) is 4.79 Å². The maximum Gasteiger partial charge on any atom is 0.315 e. The number of amides is 2. The van der Waals surface area contributed by atoms with Gasteiger partial charge in [0.15, 0.2) is 0 Å². The Labute approximate surface area is 109 Å². The Balaban J connectivity index is 2.45. The summed E-state index contributed by atoms with van der Waals surface area (Å²) in [4.78, 5) is 13.5. The van der Waals surface area contributed by atoms with Crippen LogP contribution in [0, 0.1) is 0 Å². The lowest BCUT2D eigenvalue weighted by Gasteiger charge is -2.14. The second kappa shape index (κ2) is 6.69. The second-order valence-electron chi connectivity index (χ2n) is 4.56. The minimum Gasteiger partial charge on any atom is -0.378 e. The Morgan fingerprint density at radius 2 is 2.06 bits per heavy atom. The fourth-order valence-corrected chi connectivity index (χ4v) is 1.42. The Morgan fingerprint density at radius 1 is 1.33 bits per heavy atom. The molecule has 0 aliphatic carbocycles. The first-order chi connectivity index (χ1) is 8.49. The molecule has 98 valence electrons. The molecule has 4 heteroatoms. The van der Waals surface area contributed by atoms with E-state index in [4.69, 9.17) is 0 Å². The summed E-state index contributed by atoms with van der Waals surface area (Å²) in [6, 6.07) is 7.89. The first kappa shape index (κ1) is 14.1. The van der Waals surface area contributed by atoms with Gasteiger partial charge in [0, 0.05) is 32.9 Å². The first-order valence-corrected chi connectivity index (χ1v) is 5.91. The summed E-state index contributed by atoms with van der Waals surface area (Å²) in [6.45, 7) is 6.63. The number of carbonyl (C=O) groups excluding carboxylic acids is 1. The molecule has 18 heavy (non-hydrogen) atoms. The van der Waals surface area contributed by atoms with Crippen LogP contribution in [0.4, 0.5) is 10.5 Å². The van der Waals surface area contributed by atoms with Gasteiger partial charge < -0.3 is 15.5 Å². The van der Waals surface area contributed by atoms with Crippen LogP contribution >= 0.6 is 0 Å². The van der Waals surface area contributed by atoms with E-state index in [2.05, 4.69) is 23.3 Å². The summed E-state index contributed by atoms with van der Waals surface area (Å²) in [5.74, 6) is 0. The lowest BCUT2D eigenvalue weighted by atomic mass is 10.2. The Kier molecular flexibility index (Phi) is 5.24. The lowest BCUT2D eigenvalue weighted by Crippen LogP contribution is -2.35. The van der Waals surface area contributed by atoms with Crippen LogP contribution in [0.2, 0.25) is 0 Å². The number of nitrogens with one attached hydrogen (secondary N) is 2. The molecule has 0 spiro atoms. The Morgan fingerprint density at radius 3 is 2.67 bits per heavy atom. The highest BCUT2D eigenvalue weighted by molar-refractivity contribution is 5.74. The van der Waals surface area contributed by atoms with Gasteiger partial charge in [0.05, 0.1) is 0 Å². The Hall–Kier alpha value is -1.97. The van der Waals surface area contributed by atoms with E-state index in [1.807, 2.05) is 44.1 Å². The van der Waals surface area contributed by atoms with E-state index in [9.17, 15) is 4.79 Å². The van der Waals surface area contributed by atoms with Crippen LogP contribution in [0.3, 0.4) is 0 Å². The van der Waals surface area contributed by atoms with Gasteiger partial charge in [0.1, 0.15) is 0 Å². The van der Waals surface area contributed by atoms with Gasteiger partial charge in [-0.2, -0.15) is 0 Å². The molecule has 2 N–H and O–H groups in total. The van der Waals surface area contributed by atoms with Crippen LogP contribution in [0.5, 0.6) is 0 Å². The van der Waals surface area contributed by atoms with Crippen LogP contribution in [0.25, 0.3) is 0 Å². The number of benzene rings is 1. The van der Waals surface area contributed by atoms with Gasteiger partial charge in [-0.15, -0.1) is 0 Å². The average molecular weight is 247 g/mol. The molecule has 0 fully saturated rings. The molecule has 2 amide bonds. The third-order valence-electron chi connectivity index (χ3n) is 2.43. The van der Waals surface area contributed by atoms with Crippen LogP contribution < -0.4 is 15.5 Å². The van der Waals surface area contributed by atoms with Crippen molar-refractivity contribution in [1.82, 2.24) is 10.6 Å². The van der Waals surface area contributed by atoms with E-state index in [1.165, 1.54) is 0 Å². The number of urea groups is 1. The quantitative estimate of drug-likeness (QED) is 0.783. The predicted octanol–water partition coefficient (Wildman–Crippen LogP) is 2.13. The summed E-state index contributed by atoms with van der Waals surface area (Å²) in [6.07, 6.45) is 0. The predicted molar refractivity (Wildman–Crippen MR) is 75.8 cm³/mol. The number of anilines is 1. The van der Waals surface area contributed by atoms with E-state index >= 15 is 0 Å². The molecule has 1 aromatic rings. The number of hydrogen-bond donors (Lipinski definition) is 2. The SMILES string of the molecule is C=C(C)CNC(=O)NCc1cccc(N(C)C)c1. The molecule has 0 saturated heterocycles. The minimum absolute atomic E-state index is 0.173. The van der Waals surface area contributed by atoms with Crippen molar-refractivity contribution in [3.05, 3.63) is 42.0 Å². The number of rotatable bonds is 5. The van der Waals surface area contributed by atoms with Crippen LogP contribution in [-0.4, -0.2) is 26.7 Å². The Bertz CT molecular complexity index is 427. The third kappa shape index (κ3) is 4.91. The minimum atomic E-state index is -0.173. The van der Waals surface area contributed by atoms with E-state index < -0.39 is 0 Å². The van der Waals surface area contributed by atoms with Crippen molar-refractivity contribution in [1.29, 1.82) is 0 Å². The summed E-state index contributed by atoms with van der Waals surface area (Å²) in [5.41, 5.74) is 3.13. The van der Waals surface area contributed by atoms with Gasteiger partial charge in [0.25, 0.3) is 0 Å². The highest BCUT2D eigenvalue weighted by atomic mass is 16.2. The molecule has 0 bridgehead atoms. The van der Waals surface area contributed by atoms with Crippen molar-refractivity contribution < 1.29 is 4.79 Å². The van der Waals surface area contributed by atoms with Crippen molar-refractivity contribution in [3.63, 3.8) is 0 Å². The highest BCUT2D eigenvalue weighted by Crippen LogP contribution is 2.12. The normalized spacial score (nSPS) is 9.72. The average Bonchev–Trinajstić information content (AvgIpc) is 2.34. The fraction of sp³-hybridized carbons (Fsp3) is 0.357. The maximum atomic E-state index is 11.5. The van der Waals surface area contributed by atoms with Crippen molar-refractivity contribution >= 4 is 11.7 Å². The molecule has 0 heterocycles. The van der Waals surface area contributed by atoms with E-state index in [0.717, 1.165) is 16.8 Å². The van der Waals surface area contributed by atoms with Gasteiger partial charge in [-0.1, -0.05) is 24.3 Å². The fourth-order valence-electron chi connectivity index (χ4n) is 1.42.